The minimum atomic E-state index is -0.754. The van der Waals surface area contributed by atoms with Gasteiger partial charge in [0.25, 0.3) is 11.5 Å². The lowest BCUT2D eigenvalue weighted by molar-refractivity contribution is 0.0601. The average Bonchev–Trinajstić information content (AvgIpc) is 2.94. The summed E-state index contributed by atoms with van der Waals surface area (Å²) in [4.78, 5) is 38.0. The molecular formula is C20H19N3O5S. The van der Waals surface area contributed by atoms with E-state index in [-0.39, 0.29) is 16.3 Å². The van der Waals surface area contributed by atoms with Crippen LogP contribution in [0, 0.1) is 20.8 Å². The van der Waals surface area contributed by atoms with Crippen molar-refractivity contribution in [3.63, 3.8) is 0 Å². The van der Waals surface area contributed by atoms with Crippen LogP contribution < -0.4 is 10.9 Å². The lowest BCUT2D eigenvalue weighted by Gasteiger charge is -2.10. The number of thiophene rings is 1. The van der Waals surface area contributed by atoms with E-state index in [1.807, 2.05) is 19.9 Å². The van der Waals surface area contributed by atoms with E-state index in [9.17, 15) is 19.5 Å². The third kappa shape index (κ3) is 3.90. The summed E-state index contributed by atoms with van der Waals surface area (Å²) in [5.74, 6) is -1.89. The third-order valence-electron chi connectivity index (χ3n) is 4.37. The Balaban J connectivity index is 2.03. The van der Waals surface area contributed by atoms with Crippen LogP contribution in [0.1, 0.15) is 36.9 Å². The highest BCUT2D eigenvalue weighted by molar-refractivity contribution is 7.16. The molecule has 2 N–H and O–H groups in total. The minimum absolute atomic E-state index is 0.245. The van der Waals surface area contributed by atoms with E-state index >= 15 is 0 Å². The number of amides is 1. The van der Waals surface area contributed by atoms with Gasteiger partial charge in [0.1, 0.15) is 5.00 Å². The normalized spacial score (nSPS) is 10.6. The number of carbonyl (C=O) groups excluding carboxylic acids is 2. The molecule has 0 aliphatic heterocycles. The number of rotatable bonds is 4. The van der Waals surface area contributed by atoms with Crippen LogP contribution in [0.15, 0.2) is 35.1 Å². The predicted molar refractivity (Wildman–Crippen MR) is 109 cm³/mol. The number of esters is 1. The summed E-state index contributed by atoms with van der Waals surface area (Å²) >= 11 is 1.21. The van der Waals surface area contributed by atoms with Gasteiger partial charge >= 0.3 is 5.97 Å². The molecule has 2 aromatic heterocycles. The summed E-state index contributed by atoms with van der Waals surface area (Å²) in [6.07, 6.45) is 0. The van der Waals surface area contributed by atoms with E-state index < -0.39 is 23.2 Å². The first kappa shape index (κ1) is 20.3. The zero-order chi connectivity index (χ0) is 21.3. The first-order valence-electron chi connectivity index (χ1n) is 8.63. The maximum Gasteiger partial charge on any atom is 0.341 e. The molecule has 0 fully saturated rings. The van der Waals surface area contributed by atoms with Crippen LogP contribution in [-0.4, -0.2) is 33.9 Å². The first-order valence-corrected chi connectivity index (χ1v) is 9.44. The summed E-state index contributed by atoms with van der Waals surface area (Å²) in [6.45, 7) is 5.43. The predicted octanol–water partition coefficient (Wildman–Crippen LogP) is 2.96. The maximum atomic E-state index is 12.8. The van der Waals surface area contributed by atoms with Crippen LogP contribution in [0.4, 0.5) is 5.00 Å². The summed E-state index contributed by atoms with van der Waals surface area (Å²) in [5, 5.41) is 17.0. The Bertz CT molecular complexity index is 1180. The largest absolute Gasteiger partial charge is 0.505 e. The zero-order valence-corrected chi connectivity index (χ0v) is 17.1. The topological polar surface area (TPSA) is 111 Å². The molecule has 3 rings (SSSR count). The molecule has 8 nitrogen and oxygen atoms in total. The molecule has 9 heteroatoms. The molecule has 1 aromatic carbocycles. The zero-order valence-electron chi connectivity index (χ0n) is 16.3. The minimum Gasteiger partial charge on any atom is -0.505 e. The molecule has 150 valence electrons. The molecular weight excluding hydrogens is 394 g/mol. The number of aromatic hydroxyl groups is 1. The van der Waals surface area contributed by atoms with E-state index in [1.165, 1.54) is 18.4 Å². The van der Waals surface area contributed by atoms with Gasteiger partial charge in [-0.25, -0.2) is 4.79 Å². The van der Waals surface area contributed by atoms with Crippen molar-refractivity contribution >= 4 is 28.2 Å². The van der Waals surface area contributed by atoms with Crippen LogP contribution >= 0.6 is 11.3 Å². The van der Waals surface area contributed by atoms with Gasteiger partial charge < -0.3 is 15.2 Å². The van der Waals surface area contributed by atoms with E-state index in [0.717, 1.165) is 21.2 Å². The molecule has 0 aliphatic rings. The Labute approximate surface area is 170 Å². The highest BCUT2D eigenvalue weighted by Gasteiger charge is 2.24. The fourth-order valence-electron chi connectivity index (χ4n) is 2.78. The van der Waals surface area contributed by atoms with Gasteiger partial charge in [0.2, 0.25) is 0 Å². The number of ether oxygens (including phenoxy) is 1. The Morgan fingerprint density at radius 3 is 2.59 bits per heavy atom. The van der Waals surface area contributed by atoms with Gasteiger partial charge in [0, 0.05) is 10.9 Å². The number of aromatic nitrogens is 2. The van der Waals surface area contributed by atoms with Crippen LogP contribution in [0.25, 0.3) is 5.69 Å². The van der Waals surface area contributed by atoms with E-state index in [0.29, 0.717) is 11.3 Å². The van der Waals surface area contributed by atoms with Crippen LogP contribution in [0.5, 0.6) is 5.75 Å². The number of hydrogen-bond donors (Lipinski definition) is 2. The number of aryl methyl sites for hydroxylation is 2. The van der Waals surface area contributed by atoms with Gasteiger partial charge in [-0.05, 0) is 44.0 Å². The fraction of sp³-hybridized carbons (Fsp3) is 0.200. The van der Waals surface area contributed by atoms with Gasteiger partial charge in [0.05, 0.1) is 18.4 Å². The summed E-state index contributed by atoms with van der Waals surface area (Å²) in [5.41, 5.74) is 1.38. The van der Waals surface area contributed by atoms with Crippen LogP contribution in [-0.2, 0) is 4.74 Å². The molecule has 0 aliphatic carbocycles. The molecule has 0 saturated carbocycles. The van der Waals surface area contributed by atoms with Crippen molar-refractivity contribution in [3.05, 3.63) is 67.9 Å². The molecule has 0 bridgehead atoms. The summed E-state index contributed by atoms with van der Waals surface area (Å²) in [6, 6.07) is 7.94. The van der Waals surface area contributed by atoms with Gasteiger partial charge in [-0.3, -0.25) is 9.59 Å². The number of anilines is 1. The molecule has 0 radical (unpaired) electrons. The maximum absolute atomic E-state index is 12.8. The number of nitrogens with one attached hydrogen (secondary N) is 1. The van der Waals surface area contributed by atoms with Crippen LogP contribution in [0.2, 0.25) is 0 Å². The average molecular weight is 413 g/mol. The number of carbonyl (C=O) groups is 2. The number of benzene rings is 1. The SMILES string of the molecule is COC(=O)c1c(NC(=O)c2nn(-c3cccc(C)c3)c(=O)cc2O)sc(C)c1C. The second kappa shape index (κ2) is 7.88. The highest BCUT2D eigenvalue weighted by Crippen LogP contribution is 2.33. The Morgan fingerprint density at radius 1 is 1.21 bits per heavy atom. The highest BCUT2D eigenvalue weighted by atomic mass is 32.1. The van der Waals surface area contributed by atoms with Crippen molar-refractivity contribution in [2.75, 3.05) is 12.4 Å². The number of methoxy groups -OCH3 is 1. The molecule has 1 amide bonds. The Kier molecular flexibility index (Phi) is 5.51. The van der Waals surface area contributed by atoms with Crippen molar-refractivity contribution < 1.29 is 19.4 Å². The Hall–Kier alpha value is -3.46. The lowest BCUT2D eigenvalue weighted by Crippen LogP contribution is -2.25. The molecule has 0 atom stereocenters. The van der Waals surface area contributed by atoms with E-state index in [1.54, 1.807) is 25.1 Å². The van der Waals surface area contributed by atoms with Gasteiger partial charge in [-0.2, -0.15) is 9.78 Å². The molecule has 2 heterocycles. The van der Waals surface area contributed by atoms with E-state index in [4.69, 9.17) is 4.74 Å². The quantitative estimate of drug-likeness (QED) is 0.636. The van der Waals surface area contributed by atoms with E-state index in [2.05, 4.69) is 10.4 Å². The van der Waals surface area contributed by atoms with Gasteiger partial charge in [-0.15, -0.1) is 11.3 Å². The molecule has 0 spiro atoms. The van der Waals surface area contributed by atoms with Crippen LogP contribution in [0.3, 0.4) is 0 Å². The fourth-order valence-corrected chi connectivity index (χ4v) is 3.82. The van der Waals surface area contributed by atoms with Gasteiger partial charge in [-0.1, -0.05) is 12.1 Å². The summed E-state index contributed by atoms with van der Waals surface area (Å²) in [7, 11) is 1.26. The van der Waals surface area contributed by atoms with Crippen molar-refractivity contribution in [1.29, 1.82) is 0 Å². The number of hydrogen-bond acceptors (Lipinski definition) is 7. The number of nitrogens with zero attached hydrogens (tertiary/aromatic N) is 2. The molecule has 0 saturated heterocycles. The standard InChI is InChI=1S/C20H19N3O5S/c1-10-6-5-7-13(8-10)23-15(25)9-14(24)17(22-23)18(26)21-19-16(20(27)28-4)11(2)12(3)29-19/h5-9,24H,1-4H3,(H,21,26). The van der Waals surface area contributed by atoms with Crippen molar-refractivity contribution in [2.24, 2.45) is 0 Å². The van der Waals surface area contributed by atoms with Crippen molar-refractivity contribution in [3.8, 4) is 11.4 Å². The van der Waals surface area contributed by atoms with Crippen molar-refractivity contribution in [1.82, 2.24) is 9.78 Å². The Morgan fingerprint density at radius 2 is 1.93 bits per heavy atom. The lowest BCUT2D eigenvalue weighted by atomic mass is 10.1. The monoisotopic (exact) mass is 413 g/mol. The summed E-state index contributed by atoms with van der Waals surface area (Å²) < 4.78 is 5.83. The molecule has 3 aromatic rings. The smallest absolute Gasteiger partial charge is 0.341 e. The third-order valence-corrected chi connectivity index (χ3v) is 5.50. The van der Waals surface area contributed by atoms with Crippen molar-refractivity contribution in [2.45, 2.75) is 20.8 Å². The molecule has 0 unspecified atom stereocenters. The first-order chi connectivity index (χ1) is 13.7. The second-order valence-electron chi connectivity index (χ2n) is 6.40. The molecule has 29 heavy (non-hydrogen) atoms. The van der Waals surface area contributed by atoms with Gasteiger partial charge in [0.15, 0.2) is 11.4 Å². The second-order valence-corrected chi connectivity index (χ2v) is 7.63.